The smallest absolute Gasteiger partial charge is 0.127 e. The first-order valence-corrected chi connectivity index (χ1v) is 6.42. The number of hydrogen-bond donors (Lipinski definition) is 2. The van der Waals surface area contributed by atoms with Crippen LogP contribution in [-0.2, 0) is 6.54 Å². The molecular weight excluding hydrogens is 266 g/mol. The third kappa shape index (κ3) is 3.37. The standard InChI is InChI=1S/C16H17N3O2/c1-20-14-5-3-11(16(8-14)21-2)10-19-15-6-4-13(18)7-12(15)9-17/h3-8,19H,10,18H2,1-2H3. The van der Waals surface area contributed by atoms with Crippen molar-refractivity contribution in [2.75, 3.05) is 25.3 Å². The molecule has 2 rings (SSSR count). The van der Waals surface area contributed by atoms with Crippen molar-refractivity contribution in [1.29, 1.82) is 5.26 Å². The molecule has 5 heteroatoms. The van der Waals surface area contributed by atoms with Crippen LogP contribution in [-0.4, -0.2) is 14.2 Å². The number of methoxy groups -OCH3 is 2. The molecule has 0 aliphatic carbocycles. The van der Waals surface area contributed by atoms with Gasteiger partial charge in [0.1, 0.15) is 17.6 Å². The van der Waals surface area contributed by atoms with Gasteiger partial charge in [0.2, 0.25) is 0 Å². The summed E-state index contributed by atoms with van der Waals surface area (Å²) in [5.74, 6) is 1.47. The maximum absolute atomic E-state index is 9.12. The third-order valence-electron chi connectivity index (χ3n) is 3.13. The van der Waals surface area contributed by atoms with Gasteiger partial charge >= 0.3 is 0 Å². The minimum Gasteiger partial charge on any atom is -0.497 e. The SMILES string of the molecule is COc1ccc(CNc2ccc(N)cc2C#N)c(OC)c1. The van der Waals surface area contributed by atoms with E-state index in [-0.39, 0.29) is 0 Å². The molecule has 0 radical (unpaired) electrons. The summed E-state index contributed by atoms with van der Waals surface area (Å²) in [6.07, 6.45) is 0. The summed E-state index contributed by atoms with van der Waals surface area (Å²) >= 11 is 0. The lowest BCUT2D eigenvalue weighted by atomic mass is 10.1. The van der Waals surface area contributed by atoms with Gasteiger partial charge in [0, 0.05) is 23.9 Å². The monoisotopic (exact) mass is 283 g/mol. The maximum atomic E-state index is 9.12. The Morgan fingerprint density at radius 2 is 1.95 bits per heavy atom. The third-order valence-corrected chi connectivity index (χ3v) is 3.13. The van der Waals surface area contributed by atoms with Gasteiger partial charge in [-0.05, 0) is 30.3 Å². The van der Waals surface area contributed by atoms with Gasteiger partial charge in [-0.25, -0.2) is 0 Å². The van der Waals surface area contributed by atoms with Crippen molar-refractivity contribution in [2.45, 2.75) is 6.54 Å². The zero-order valence-corrected chi connectivity index (χ0v) is 12.0. The van der Waals surface area contributed by atoms with Crippen LogP contribution in [0.4, 0.5) is 11.4 Å². The molecule has 2 aromatic rings. The molecule has 0 heterocycles. The second-order valence-corrected chi connectivity index (χ2v) is 4.45. The fraction of sp³-hybridized carbons (Fsp3) is 0.188. The Bertz CT molecular complexity index is 678. The fourth-order valence-electron chi connectivity index (χ4n) is 2.00. The highest BCUT2D eigenvalue weighted by Crippen LogP contribution is 2.26. The van der Waals surface area contributed by atoms with Crippen molar-refractivity contribution >= 4 is 11.4 Å². The van der Waals surface area contributed by atoms with E-state index >= 15 is 0 Å². The van der Waals surface area contributed by atoms with Crippen molar-refractivity contribution in [1.82, 2.24) is 0 Å². The predicted molar refractivity (Wildman–Crippen MR) is 82.4 cm³/mol. The van der Waals surface area contributed by atoms with Gasteiger partial charge in [-0.2, -0.15) is 5.26 Å². The second kappa shape index (κ2) is 6.53. The highest BCUT2D eigenvalue weighted by Gasteiger charge is 2.07. The zero-order valence-electron chi connectivity index (χ0n) is 12.0. The molecule has 3 N–H and O–H groups in total. The molecule has 2 aromatic carbocycles. The van der Waals surface area contributed by atoms with E-state index in [1.807, 2.05) is 18.2 Å². The normalized spacial score (nSPS) is 9.76. The van der Waals surface area contributed by atoms with Crippen LogP contribution in [0, 0.1) is 11.3 Å². The topological polar surface area (TPSA) is 80.3 Å². The molecule has 0 amide bonds. The molecule has 108 valence electrons. The molecule has 0 bridgehead atoms. The molecule has 0 spiro atoms. The molecule has 0 saturated heterocycles. The van der Waals surface area contributed by atoms with E-state index < -0.39 is 0 Å². The number of anilines is 2. The van der Waals surface area contributed by atoms with Gasteiger partial charge in [0.25, 0.3) is 0 Å². The summed E-state index contributed by atoms with van der Waals surface area (Å²) in [6.45, 7) is 0.533. The summed E-state index contributed by atoms with van der Waals surface area (Å²) in [5, 5.41) is 12.3. The quantitative estimate of drug-likeness (QED) is 0.825. The van der Waals surface area contributed by atoms with Crippen LogP contribution in [0.25, 0.3) is 0 Å². The van der Waals surface area contributed by atoms with Crippen molar-refractivity contribution in [3.05, 3.63) is 47.5 Å². The minimum absolute atomic E-state index is 0.516. The number of rotatable bonds is 5. The van der Waals surface area contributed by atoms with Gasteiger partial charge in [-0.15, -0.1) is 0 Å². The first-order valence-electron chi connectivity index (χ1n) is 6.42. The number of hydrogen-bond acceptors (Lipinski definition) is 5. The van der Waals surface area contributed by atoms with E-state index in [2.05, 4.69) is 11.4 Å². The maximum Gasteiger partial charge on any atom is 0.127 e. The zero-order chi connectivity index (χ0) is 15.2. The Hall–Kier alpha value is -2.87. The molecule has 0 aliphatic heterocycles. The van der Waals surface area contributed by atoms with Crippen LogP contribution in [0.1, 0.15) is 11.1 Å². The van der Waals surface area contributed by atoms with Gasteiger partial charge in [0.05, 0.1) is 25.5 Å². The first-order chi connectivity index (χ1) is 10.2. The van der Waals surface area contributed by atoms with Crippen LogP contribution < -0.4 is 20.5 Å². The lowest BCUT2D eigenvalue weighted by Crippen LogP contribution is -2.04. The molecule has 0 unspecified atom stereocenters. The van der Waals surface area contributed by atoms with E-state index in [9.17, 15) is 0 Å². The Morgan fingerprint density at radius 3 is 2.62 bits per heavy atom. The van der Waals surface area contributed by atoms with Crippen molar-refractivity contribution in [2.24, 2.45) is 0 Å². The lowest BCUT2D eigenvalue weighted by Gasteiger charge is -2.13. The summed E-state index contributed by atoms with van der Waals surface area (Å²) in [6, 6.07) is 12.9. The molecule has 0 aromatic heterocycles. The molecule has 0 atom stereocenters. The number of ether oxygens (including phenoxy) is 2. The lowest BCUT2D eigenvalue weighted by molar-refractivity contribution is 0.391. The van der Waals surface area contributed by atoms with Crippen molar-refractivity contribution < 1.29 is 9.47 Å². The molecule has 0 saturated carbocycles. The average molecular weight is 283 g/mol. The van der Waals surface area contributed by atoms with Crippen molar-refractivity contribution in [3.8, 4) is 17.6 Å². The Labute approximate surface area is 123 Å². The summed E-state index contributed by atoms with van der Waals surface area (Å²) in [5.41, 5.74) is 8.47. The van der Waals surface area contributed by atoms with Gasteiger partial charge in [-0.1, -0.05) is 0 Å². The Kier molecular flexibility index (Phi) is 4.52. The van der Waals surface area contributed by atoms with Gasteiger partial charge in [-0.3, -0.25) is 0 Å². The predicted octanol–water partition coefficient (Wildman–Crippen LogP) is 2.77. The number of nitrogens with two attached hydrogens (primary N) is 1. The minimum atomic E-state index is 0.516. The van der Waals surface area contributed by atoms with E-state index in [1.54, 1.807) is 32.4 Å². The van der Waals surface area contributed by atoms with Crippen LogP contribution in [0.2, 0.25) is 0 Å². The molecule has 5 nitrogen and oxygen atoms in total. The molecule has 21 heavy (non-hydrogen) atoms. The van der Waals surface area contributed by atoms with Crippen LogP contribution in [0.3, 0.4) is 0 Å². The largest absolute Gasteiger partial charge is 0.497 e. The molecule has 0 aliphatic rings. The number of nitrogen functional groups attached to an aromatic ring is 1. The Morgan fingerprint density at radius 1 is 1.14 bits per heavy atom. The van der Waals surface area contributed by atoms with Gasteiger partial charge in [0.15, 0.2) is 0 Å². The second-order valence-electron chi connectivity index (χ2n) is 4.45. The average Bonchev–Trinajstić information content (AvgIpc) is 2.53. The van der Waals surface area contributed by atoms with E-state index in [0.29, 0.717) is 17.8 Å². The first kappa shape index (κ1) is 14.5. The number of benzene rings is 2. The van der Waals surface area contributed by atoms with Crippen molar-refractivity contribution in [3.63, 3.8) is 0 Å². The van der Waals surface area contributed by atoms with E-state index in [4.69, 9.17) is 20.5 Å². The van der Waals surface area contributed by atoms with Crippen LogP contribution in [0.15, 0.2) is 36.4 Å². The van der Waals surface area contributed by atoms with E-state index in [1.165, 1.54) is 0 Å². The molecular formula is C16H17N3O2. The highest BCUT2D eigenvalue weighted by molar-refractivity contribution is 5.63. The van der Waals surface area contributed by atoms with Crippen LogP contribution >= 0.6 is 0 Å². The summed E-state index contributed by atoms with van der Waals surface area (Å²) in [7, 11) is 3.22. The number of nitrogens with one attached hydrogen (secondary N) is 1. The Balaban J connectivity index is 2.19. The summed E-state index contributed by atoms with van der Waals surface area (Å²) in [4.78, 5) is 0. The summed E-state index contributed by atoms with van der Waals surface area (Å²) < 4.78 is 10.5. The van der Waals surface area contributed by atoms with Crippen LogP contribution in [0.5, 0.6) is 11.5 Å². The highest BCUT2D eigenvalue weighted by atomic mass is 16.5. The van der Waals surface area contributed by atoms with Gasteiger partial charge < -0.3 is 20.5 Å². The fourth-order valence-corrected chi connectivity index (χ4v) is 2.00. The van der Waals surface area contributed by atoms with E-state index in [0.717, 1.165) is 22.7 Å². The number of nitrogens with zero attached hydrogens (tertiary/aromatic N) is 1. The molecule has 0 fully saturated rings. The number of nitriles is 1.